The molecule has 1 heterocycles. The Kier molecular flexibility index (Phi) is 3.44. The molecule has 1 aliphatic heterocycles. The normalized spacial score (nSPS) is 44.2. The Morgan fingerprint density at radius 2 is 1.89 bits per heavy atom. The van der Waals surface area contributed by atoms with Crippen LogP contribution in [-0.2, 0) is 4.74 Å². The van der Waals surface area contributed by atoms with Crippen LogP contribution in [0.4, 0.5) is 0 Å². The van der Waals surface area contributed by atoms with E-state index in [0.29, 0.717) is 17.6 Å². The SMILES string of the molecule is CC1CC(NC2CCOC2C2CC2)CC(C)(C)C1. The predicted molar refractivity (Wildman–Crippen MR) is 74.6 cm³/mol. The number of hydrogen-bond donors (Lipinski definition) is 1. The van der Waals surface area contributed by atoms with Crippen LogP contribution in [-0.4, -0.2) is 24.8 Å². The molecular weight excluding hydrogens is 222 g/mol. The second kappa shape index (κ2) is 4.79. The fraction of sp³-hybridized carbons (Fsp3) is 1.00. The van der Waals surface area contributed by atoms with Gasteiger partial charge >= 0.3 is 0 Å². The molecule has 3 rings (SSSR count). The van der Waals surface area contributed by atoms with Crippen LogP contribution in [0.2, 0.25) is 0 Å². The Morgan fingerprint density at radius 3 is 2.56 bits per heavy atom. The Hall–Kier alpha value is -0.0800. The minimum atomic E-state index is 0.518. The van der Waals surface area contributed by atoms with Gasteiger partial charge in [-0.3, -0.25) is 0 Å². The average Bonchev–Trinajstić information content (AvgIpc) is 2.97. The van der Waals surface area contributed by atoms with Crippen molar-refractivity contribution in [1.29, 1.82) is 0 Å². The molecule has 3 aliphatic rings. The largest absolute Gasteiger partial charge is 0.376 e. The lowest BCUT2D eigenvalue weighted by Gasteiger charge is -2.41. The topological polar surface area (TPSA) is 21.3 Å². The molecule has 104 valence electrons. The van der Waals surface area contributed by atoms with E-state index in [0.717, 1.165) is 24.5 Å². The summed E-state index contributed by atoms with van der Waals surface area (Å²) in [5, 5.41) is 3.95. The molecule has 2 saturated carbocycles. The highest BCUT2D eigenvalue weighted by Gasteiger charge is 2.42. The molecule has 1 N–H and O–H groups in total. The van der Waals surface area contributed by atoms with Crippen molar-refractivity contribution in [2.45, 2.75) is 77.5 Å². The molecule has 2 aliphatic carbocycles. The van der Waals surface area contributed by atoms with E-state index >= 15 is 0 Å². The minimum absolute atomic E-state index is 0.518. The van der Waals surface area contributed by atoms with Crippen molar-refractivity contribution in [2.75, 3.05) is 6.61 Å². The molecule has 0 aromatic rings. The predicted octanol–water partition coefficient (Wildman–Crippen LogP) is 3.36. The molecule has 4 unspecified atom stereocenters. The second-order valence-corrected chi connectivity index (χ2v) is 7.84. The van der Waals surface area contributed by atoms with Gasteiger partial charge in [0.2, 0.25) is 0 Å². The molecule has 18 heavy (non-hydrogen) atoms. The van der Waals surface area contributed by atoms with Crippen LogP contribution < -0.4 is 5.32 Å². The molecule has 0 spiro atoms. The molecule has 3 fully saturated rings. The summed E-state index contributed by atoms with van der Waals surface area (Å²) < 4.78 is 5.95. The van der Waals surface area contributed by atoms with Gasteiger partial charge in [0.25, 0.3) is 0 Å². The summed E-state index contributed by atoms with van der Waals surface area (Å²) in [6, 6.07) is 1.36. The zero-order chi connectivity index (χ0) is 12.8. The fourth-order valence-corrected chi connectivity index (χ4v) is 4.45. The number of ether oxygens (including phenoxy) is 1. The molecule has 0 aromatic heterocycles. The maximum absolute atomic E-state index is 5.95. The zero-order valence-corrected chi connectivity index (χ0v) is 12.2. The highest BCUT2D eigenvalue weighted by molar-refractivity contribution is 4.96. The van der Waals surface area contributed by atoms with E-state index in [4.69, 9.17) is 4.74 Å². The smallest absolute Gasteiger partial charge is 0.0757 e. The van der Waals surface area contributed by atoms with E-state index < -0.39 is 0 Å². The lowest BCUT2D eigenvalue weighted by Crippen LogP contribution is -2.48. The van der Waals surface area contributed by atoms with Crippen molar-refractivity contribution in [3.8, 4) is 0 Å². The molecule has 0 amide bonds. The van der Waals surface area contributed by atoms with Gasteiger partial charge < -0.3 is 10.1 Å². The molecule has 0 radical (unpaired) electrons. The van der Waals surface area contributed by atoms with Gasteiger partial charge in [-0.25, -0.2) is 0 Å². The first-order valence-corrected chi connectivity index (χ1v) is 7.91. The Labute approximate surface area is 112 Å². The van der Waals surface area contributed by atoms with Gasteiger partial charge in [0, 0.05) is 18.7 Å². The van der Waals surface area contributed by atoms with Crippen molar-refractivity contribution >= 4 is 0 Å². The Morgan fingerprint density at radius 1 is 1.11 bits per heavy atom. The Bertz CT molecular complexity index is 297. The van der Waals surface area contributed by atoms with E-state index in [1.165, 1.54) is 38.5 Å². The summed E-state index contributed by atoms with van der Waals surface area (Å²) in [7, 11) is 0. The van der Waals surface area contributed by atoms with Gasteiger partial charge in [0.05, 0.1) is 6.10 Å². The summed E-state index contributed by atoms with van der Waals surface area (Å²) in [6.07, 6.45) is 8.64. The Balaban J connectivity index is 1.58. The van der Waals surface area contributed by atoms with Crippen molar-refractivity contribution in [1.82, 2.24) is 5.32 Å². The highest BCUT2D eigenvalue weighted by Crippen LogP contribution is 2.41. The van der Waals surface area contributed by atoms with Gasteiger partial charge in [0.1, 0.15) is 0 Å². The molecule has 0 bridgehead atoms. The minimum Gasteiger partial charge on any atom is -0.376 e. The monoisotopic (exact) mass is 251 g/mol. The van der Waals surface area contributed by atoms with Crippen LogP contribution in [0.5, 0.6) is 0 Å². The first-order valence-electron chi connectivity index (χ1n) is 7.91. The maximum Gasteiger partial charge on any atom is 0.0757 e. The lowest BCUT2D eigenvalue weighted by molar-refractivity contribution is 0.0706. The van der Waals surface area contributed by atoms with E-state index in [1.807, 2.05) is 0 Å². The molecule has 2 nitrogen and oxygen atoms in total. The molecule has 0 aromatic carbocycles. The quantitative estimate of drug-likeness (QED) is 0.830. The van der Waals surface area contributed by atoms with Crippen molar-refractivity contribution in [3.05, 3.63) is 0 Å². The number of rotatable bonds is 3. The highest BCUT2D eigenvalue weighted by atomic mass is 16.5. The van der Waals surface area contributed by atoms with Gasteiger partial charge in [-0.2, -0.15) is 0 Å². The fourth-order valence-electron chi connectivity index (χ4n) is 4.45. The van der Waals surface area contributed by atoms with Gasteiger partial charge in [-0.1, -0.05) is 20.8 Å². The third-order valence-corrected chi connectivity index (χ3v) is 5.06. The van der Waals surface area contributed by atoms with Gasteiger partial charge in [0.15, 0.2) is 0 Å². The van der Waals surface area contributed by atoms with E-state index in [1.54, 1.807) is 0 Å². The van der Waals surface area contributed by atoms with Crippen molar-refractivity contribution in [2.24, 2.45) is 17.3 Å². The van der Waals surface area contributed by atoms with Crippen molar-refractivity contribution < 1.29 is 4.74 Å². The lowest BCUT2D eigenvalue weighted by atomic mass is 9.70. The maximum atomic E-state index is 5.95. The van der Waals surface area contributed by atoms with Crippen LogP contribution in [0.1, 0.15) is 59.3 Å². The molecule has 2 heteroatoms. The first kappa shape index (κ1) is 12.9. The van der Waals surface area contributed by atoms with E-state index in [2.05, 4.69) is 26.1 Å². The second-order valence-electron chi connectivity index (χ2n) is 7.84. The van der Waals surface area contributed by atoms with Gasteiger partial charge in [-0.05, 0) is 55.8 Å². The molecular formula is C16H29NO. The van der Waals surface area contributed by atoms with E-state index in [9.17, 15) is 0 Å². The summed E-state index contributed by atoms with van der Waals surface area (Å²) in [6.45, 7) is 8.26. The third kappa shape index (κ3) is 2.91. The average molecular weight is 251 g/mol. The molecule has 1 saturated heterocycles. The van der Waals surface area contributed by atoms with Crippen LogP contribution in [0.3, 0.4) is 0 Å². The first-order chi connectivity index (χ1) is 8.53. The van der Waals surface area contributed by atoms with E-state index in [-0.39, 0.29) is 0 Å². The number of hydrogen-bond acceptors (Lipinski definition) is 2. The van der Waals surface area contributed by atoms with Crippen LogP contribution in [0.15, 0.2) is 0 Å². The van der Waals surface area contributed by atoms with Crippen LogP contribution >= 0.6 is 0 Å². The van der Waals surface area contributed by atoms with Crippen LogP contribution in [0, 0.1) is 17.3 Å². The summed E-state index contributed by atoms with van der Waals surface area (Å²) in [5.41, 5.74) is 0.518. The summed E-state index contributed by atoms with van der Waals surface area (Å²) >= 11 is 0. The standard InChI is InChI=1S/C16H29NO/c1-11-8-13(10-16(2,3)9-11)17-14-6-7-18-15(14)12-4-5-12/h11-15,17H,4-10H2,1-3H3. The summed E-state index contributed by atoms with van der Waals surface area (Å²) in [5.74, 6) is 1.74. The number of nitrogens with one attached hydrogen (secondary N) is 1. The zero-order valence-electron chi connectivity index (χ0n) is 12.2. The molecule has 4 atom stereocenters. The van der Waals surface area contributed by atoms with Crippen molar-refractivity contribution in [3.63, 3.8) is 0 Å². The third-order valence-electron chi connectivity index (χ3n) is 5.06. The summed E-state index contributed by atoms with van der Waals surface area (Å²) in [4.78, 5) is 0. The van der Waals surface area contributed by atoms with Crippen LogP contribution in [0.25, 0.3) is 0 Å². The van der Waals surface area contributed by atoms with Gasteiger partial charge in [-0.15, -0.1) is 0 Å².